The number of hydrogen-bond acceptors (Lipinski definition) is 2. The molecule has 0 aliphatic carbocycles. The van der Waals surface area contributed by atoms with Gasteiger partial charge in [0.25, 0.3) is 5.91 Å². The number of anilines is 1. The largest absolute Gasteiger partial charge is 0.416 e. The highest BCUT2D eigenvalue weighted by Gasteiger charge is 2.30. The van der Waals surface area contributed by atoms with E-state index in [1.807, 2.05) is 0 Å². The molecule has 2 rings (SSSR count). The Balaban J connectivity index is 2.18. The smallest absolute Gasteiger partial charge is 0.307 e. The van der Waals surface area contributed by atoms with Crippen molar-refractivity contribution in [3.8, 4) is 0 Å². The quantitative estimate of drug-likeness (QED) is 0.921. The molecular formula is C13H12F3N3O. The topological polar surface area (TPSA) is 46.9 Å². The van der Waals surface area contributed by atoms with E-state index in [9.17, 15) is 18.0 Å². The normalized spacial score (nSPS) is 11.4. The molecule has 106 valence electrons. The lowest BCUT2D eigenvalue weighted by Crippen LogP contribution is -2.15. The number of nitrogens with zero attached hydrogens (tertiary/aromatic N) is 2. The molecule has 1 aromatic heterocycles. The molecule has 0 fully saturated rings. The first-order valence-corrected chi connectivity index (χ1v) is 5.76. The van der Waals surface area contributed by atoms with Crippen LogP contribution in [0.1, 0.15) is 21.5 Å². The number of carbonyl (C=O) groups excluding carboxylic acids is 1. The summed E-state index contributed by atoms with van der Waals surface area (Å²) in [5.74, 6) is 0.0281. The number of rotatable bonds is 2. The number of alkyl halides is 3. The maximum absolute atomic E-state index is 12.4. The van der Waals surface area contributed by atoms with Gasteiger partial charge in [0.15, 0.2) is 0 Å². The summed E-state index contributed by atoms with van der Waals surface area (Å²) in [7, 11) is 1.66. The summed E-state index contributed by atoms with van der Waals surface area (Å²) in [5.41, 5.74) is 0.136. The fourth-order valence-corrected chi connectivity index (χ4v) is 1.72. The van der Waals surface area contributed by atoms with Crippen molar-refractivity contribution in [2.45, 2.75) is 13.1 Å². The molecule has 0 spiro atoms. The number of aryl methyl sites for hydroxylation is 2. The van der Waals surface area contributed by atoms with Gasteiger partial charge in [-0.25, -0.2) is 0 Å². The van der Waals surface area contributed by atoms with Crippen molar-refractivity contribution in [2.75, 3.05) is 5.32 Å². The summed E-state index contributed by atoms with van der Waals surface area (Å²) < 4.78 is 38.7. The van der Waals surface area contributed by atoms with Crippen LogP contribution in [0, 0.1) is 6.92 Å². The summed E-state index contributed by atoms with van der Waals surface area (Å²) >= 11 is 0. The van der Waals surface area contributed by atoms with Crippen molar-refractivity contribution in [3.05, 3.63) is 47.2 Å². The zero-order valence-electron chi connectivity index (χ0n) is 10.8. The molecule has 4 nitrogen and oxygen atoms in total. The first kappa shape index (κ1) is 14.1. The number of nitrogens with one attached hydrogen (secondary N) is 1. The SMILES string of the molecule is Cc1cnn(C)c1NC(=O)c1ccc(C(F)(F)F)cc1. The molecule has 0 radical (unpaired) electrons. The number of aromatic nitrogens is 2. The van der Waals surface area contributed by atoms with Crippen molar-refractivity contribution in [1.29, 1.82) is 0 Å². The Morgan fingerprint density at radius 3 is 2.30 bits per heavy atom. The van der Waals surface area contributed by atoms with Crippen molar-refractivity contribution in [3.63, 3.8) is 0 Å². The highest BCUT2D eigenvalue weighted by molar-refractivity contribution is 6.04. The van der Waals surface area contributed by atoms with Gasteiger partial charge in [-0.15, -0.1) is 0 Å². The van der Waals surface area contributed by atoms with Gasteiger partial charge < -0.3 is 5.32 Å². The van der Waals surface area contributed by atoms with Crippen LogP contribution in [0.25, 0.3) is 0 Å². The molecule has 7 heteroatoms. The third kappa shape index (κ3) is 2.81. The monoisotopic (exact) mass is 283 g/mol. The van der Waals surface area contributed by atoms with Crippen molar-refractivity contribution in [1.82, 2.24) is 9.78 Å². The van der Waals surface area contributed by atoms with E-state index in [0.717, 1.165) is 29.8 Å². The average molecular weight is 283 g/mol. The molecule has 1 aromatic carbocycles. The van der Waals surface area contributed by atoms with Gasteiger partial charge in [0, 0.05) is 18.2 Å². The van der Waals surface area contributed by atoms with E-state index in [1.165, 1.54) is 4.68 Å². The predicted molar refractivity (Wildman–Crippen MR) is 67.3 cm³/mol. The zero-order valence-corrected chi connectivity index (χ0v) is 10.8. The number of benzene rings is 1. The molecule has 1 amide bonds. The summed E-state index contributed by atoms with van der Waals surface area (Å²) in [6, 6.07) is 4.05. The fraction of sp³-hybridized carbons (Fsp3) is 0.231. The fourth-order valence-electron chi connectivity index (χ4n) is 1.72. The van der Waals surface area contributed by atoms with Crippen molar-refractivity contribution in [2.24, 2.45) is 7.05 Å². The second-order valence-corrected chi connectivity index (χ2v) is 4.33. The van der Waals surface area contributed by atoms with Crippen LogP contribution in [0.4, 0.5) is 19.0 Å². The molecule has 0 saturated heterocycles. The van der Waals surface area contributed by atoms with Crippen molar-refractivity contribution < 1.29 is 18.0 Å². The first-order valence-electron chi connectivity index (χ1n) is 5.76. The van der Waals surface area contributed by atoms with Crippen LogP contribution in [0.2, 0.25) is 0 Å². The van der Waals surface area contributed by atoms with Crippen LogP contribution in [0.15, 0.2) is 30.5 Å². The molecule has 0 atom stereocenters. The van der Waals surface area contributed by atoms with Gasteiger partial charge in [-0.1, -0.05) is 0 Å². The van der Waals surface area contributed by atoms with Gasteiger partial charge in [-0.2, -0.15) is 18.3 Å². The van der Waals surface area contributed by atoms with Gasteiger partial charge >= 0.3 is 6.18 Å². The highest BCUT2D eigenvalue weighted by atomic mass is 19.4. The number of amides is 1. The Morgan fingerprint density at radius 1 is 1.25 bits per heavy atom. The Kier molecular flexibility index (Phi) is 3.52. The van der Waals surface area contributed by atoms with Crippen molar-refractivity contribution >= 4 is 11.7 Å². The van der Waals surface area contributed by atoms with Gasteiger partial charge in [-0.05, 0) is 31.2 Å². The van der Waals surface area contributed by atoms with Crippen LogP contribution in [-0.4, -0.2) is 15.7 Å². The van der Waals surface area contributed by atoms with Gasteiger partial charge in [-0.3, -0.25) is 9.48 Å². The molecule has 0 bridgehead atoms. The minimum absolute atomic E-state index is 0.151. The molecule has 0 unspecified atom stereocenters. The second kappa shape index (κ2) is 4.99. The van der Waals surface area contributed by atoms with Crippen LogP contribution in [0.3, 0.4) is 0 Å². The molecule has 1 heterocycles. The molecule has 0 aliphatic rings. The Hall–Kier alpha value is -2.31. The molecule has 2 aromatic rings. The third-order valence-corrected chi connectivity index (χ3v) is 2.83. The number of halogens is 3. The maximum Gasteiger partial charge on any atom is 0.416 e. The summed E-state index contributed by atoms with van der Waals surface area (Å²) in [5, 5.41) is 6.58. The lowest BCUT2D eigenvalue weighted by molar-refractivity contribution is -0.137. The summed E-state index contributed by atoms with van der Waals surface area (Å²) in [6.45, 7) is 1.77. The third-order valence-electron chi connectivity index (χ3n) is 2.83. The van der Waals surface area contributed by atoms with E-state index in [2.05, 4.69) is 10.4 Å². The lowest BCUT2D eigenvalue weighted by Gasteiger charge is -2.09. The van der Waals surface area contributed by atoms with E-state index < -0.39 is 17.6 Å². The van der Waals surface area contributed by atoms with E-state index >= 15 is 0 Å². The molecule has 1 N–H and O–H groups in total. The minimum Gasteiger partial charge on any atom is -0.307 e. The second-order valence-electron chi connectivity index (χ2n) is 4.33. The standard InChI is InChI=1S/C13H12F3N3O/c1-8-7-17-19(2)11(8)18-12(20)9-3-5-10(6-4-9)13(14,15)16/h3-7H,1-2H3,(H,18,20). The zero-order chi connectivity index (χ0) is 14.9. The Bertz CT molecular complexity index is 610. The molecule has 0 aliphatic heterocycles. The van der Waals surface area contributed by atoms with Crippen LogP contribution >= 0.6 is 0 Å². The molecule has 20 heavy (non-hydrogen) atoms. The molecule has 0 saturated carbocycles. The Morgan fingerprint density at radius 2 is 1.85 bits per heavy atom. The van der Waals surface area contributed by atoms with Gasteiger partial charge in [0.2, 0.25) is 0 Å². The summed E-state index contributed by atoms with van der Waals surface area (Å²) in [6.07, 6.45) is -2.82. The maximum atomic E-state index is 12.4. The van der Waals surface area contributed by atoms with E-state index in [4.69, 9.17) is 0 Å². The first-order chi connectivity index (χ1) is 9.29. The van der Waals surface area contributed by atoms with Crippen LogP contribution < -0.4 is 5.32 Å². The Labute approximate surface area is 113 Å². The number of hydrogen-bond donors (Lipinski definition) is 1. The van der Waals surface area contributed by atoms with Gasteiger partial charge in [0.05, 0.1) is 11.8 Å². The van der Waals surface area contributed by atoms with Crippen LogP contribution in [0.5, 0.6) is 0 Å². The predicted octanol–water partition coefficient (Wildman–Crippen LogP) is 3.00. The molecular weight excluding hydrogens is 271 g/mol. The van der Waals surface area contributed by atoms with E-state index in [0.29, 0.717) is 5.82 Å². The average Bonchev–Trinajstić information content (AvgIpc) is 2.69. The van der Waals surface area contributed by atoms with Gasteiger partial charge in [0.1, 0.15) is 5.82 Å². The summed E-state index contributed by atoms with van der Waals surface area (Å²) in [4.78, 5) is 11.9. The van der Waals surface area contributed by atoms with E-state index in [-0.39, 0.29) is 5.56 Å². The van der Waals surface area contributed by atoms with Crippen LogP contribution in [-0.2, 0) is 13.2 Å². The highest BCUT2D eigenvalue weighted by Crippen LogP contribution is 2.29. The minimum atomic E-state index is -4.41. The lowest BCUT2D eigenvalue weighted by atomic mass is 10.1. The van der Waals surface area contributed by atoms with E-state index in [1.54, 1.807) is 20.2 Å². The number of carbonyl (C=O) groups is 1.